The number of phenols is 1. The highest BCUT2D eigenvalue weighted by atomic mass is 32.2. The lowest BCUT2D eigenvalue weighted by Crippen LogP contribution is -2.13. The quantitative estimate of drug-likeness (QED) is 0.651. The zero-order valence-electron chi connectivity index (χ0n) is 9.92. The van der Waals surface area contributed by atoms with Crippen LogP contribution in [0.1, 0.15) is 0 Å². The van der Waals surface area contributed by atoms with Crippen LogP contribution < -0.4 is 4.72 Å². The van der Waals surface area contributed by atoms with Crippen molar-refractivity contribution in [3.8, 4) is 5.75 Å². The molecule has 0 aliphatic heterocycles. The molecule has 0 bridgehead atoms. The van der Waals surface area contributed by atoms with Crippen LogP contribution in [-0.4, -0.2) is 23.4 Å². The fourth-order valence-corrected chi connectivity index (χ4v) is 2.52. The topological polar surface area (TPSA) is 122 Å². The van der Waals surface area contributed by atoms with Gasteiger partial charge in [0, 0.05) is 12.3 Å². The molecule has 2 aromatic rings. The Morgan fingerprint density at radius 1 is 1.30 bits per heavy atom. The summed E-state index contributed by atoms with van der Waals surface area (Å²) >= 11 is 0. The number of pyridine rings is 1. The number of nitrogens with zero attached hydrogens (tertiary/aromatic N) is 2. The summed E-state index contributed by atoms with van der Waals surface area (Å²) in [4.78, 5) is 13.2. The van der Waals surface area contributed by atoms with Gasteiger partial charge in [0.1, 0.15) is 0 Å². The molecule has 0 saturated heterocycles. The number of aromatic nitrogens is 1. The summed E-state index contributed by atoms with van der Waals surface area (Å²) in [7, 11) is -3.99. The smallest absolute Gasteiger partial charge is 0.312 e. The van der Waals surface area contributed by atoms with E-state index in [0.29, 0.717) is 0 Å². The Bertz CT molecular complexity index is 746. The van der Waals surface area contributed by atoms with E-state index >= 15 is 0 Å². The molecule has 2 rings (SSSR count). The number of aromatic hydroxyl groups is 1. The molecule has 0 saturated carbocycles. The van der Waals surface area contributed by atoms with Crippen molar-refractivity contribution in [2.75, 3.05) is 4.72 Å². The molecule has 0 aliphatic rings. The Morgan fingerprint density at radius 2 is 2.05 bits per heavy atom. The average molecular weight is 295 g/mol. The zero-order chi connectivity index (χ0) is 14.8. The van der Waals surface area contributed by atoms with E-state index in [2.05, 4.69) is 9.71 Å². The molecule has 1 aromatic carbocycles. The van der Waals surface area contributed by atoms with Crippen LogP contribution in [0.4, 0.5) is 11.4 Å². The molecule has 1 aromatic heterocycles. The second-order valence-electron chi connectivity index (χ2n) is 3.75. The van der Waals surface area contributed by atoms with Gasteiger partial charge in [-0.2, -0.15) is 0 Å². The molecule has 9 heteroatoms. The second kappa shape index (κ2) is 5.13. The van der Waals surface area contributed by atoms with Crippen LogP contribution in [0.25, 0.3) is 0 Å². The second-order valence-corrected chi connectivity index (χ2v) is 5.44. The minimum atomic E-state index is -3.99. The van der Waals surface area contributed by atoms with Crippen LogP contribution >= 0.6 is 0 Å². The first-order chi connectivity index (χ1) is 9.40. The Morgan fingerprint density at radius 3 is 2.65 bits per heavy atom. The molecular formula is C11H9N3O5S. The minimum Gasteiger partial charge on any atom is -0.502 e. The summed E-state index contributed by atoms with van der Waals surface area (Å²) in [5.41, 5.74) is -0.456. The number of nitro benzene ring substituents is 1. The van der Waals surface area contributed by atoms with Gasteiger partial charge in [0.25, 0.3) is 10.0 Å². The van der Waals surface area contributed by atoms with Crippen molar-refractivity contribution in [2.24, 2.45) is 0 Å². The number of hydrogen-bond acceptors (Lipinski definition) is 6. The van der Waals surface area contributed by atoms with Crippen molar-refractivity contribution in [1.29, 1.82) is 0 Å². The number of sulfonamides is 1. The molecule has 1 heterocycles. The van der Waals surface area contributed by atoms with Crippen LogP contribution in [0.2, 0.25) is 0 Å². The summed E-state index contributed by atoms with van der Waals surface area (Å²) in [5.74, 6) is -0.602. The van der Waals surface area contributed by atoms with E-state index in [9.17, 15) is 23.6 Å². The summed E-state index contributed by atoms with van der Waals surface area (Å²) < 4.78 is 26.3. The number of nitrogens with one attached hydrogen (secondary N) is 1. The molecule has 8 nitrogen and oxygen atoms in total. The normalized spacial score (nSPS) is 11.0. The van der Waals surface area contributed by atoms with E-state index < -0.39 is 26.4 Å². The third kappa shape index (κ3) is 2.83. The molecule has 0 spiro atoms. The van der Waals surface area contributed by atoms with E-state index in [4.69, 9.17) is 0 Å². The van der Waals surface area contributed by atoms with Gasteiger partial charge in [0.15, 0.2) is 5.75 Å². The van der Waals surface area contributed by atoms with Crippen molar-refractivity contribution in [2.45, 2.75) is 4.90 Å². The molecule has 20 heavy (non-hydrogen) atoms. The van der Waals surface area contributed by atoms with Crippen LogP contribution in [0.5, 0.6) is 5.75 Å². The lowest BCUT2D eigenvalue weighted by Gasteiger charge is -2.07. The zero-order valence-corrected chi connectivity index (χ0v) is 10.7. The Labute approximate surface area is 113 Å². The Hall–Kier alpha value is -2.68. The largest absolute Gasteiger partial charge is 0.502 e. The molecule has 0 atom stereocenters. The van der Waals surface area contributed by atoms with Gasteiger partial charge in [-0.3, -0.25) is 19.8 Å². The van der Waals surface area contributed by atoms with Gasteiger partial charge in [0.2, 0.25) is 0 Å². The summed E-state index contributed by atoms with van der Waals surface area (Å²) in [5, 5.41) is 20.0. The lowest BCUT2D eigenvalue weighted by atomic mass is 10.3. The predicted molar refractivity (Wildman–Crippen MR) is 69.8 cm³/mol. The maximum absolute atomic E-state index is 12.0. The van der Waals surface area contributed by atoms with Crippen molar-refractivity contribution in [3.05, 3.63) is 52.8 Å². The highest BCUT2D eigenvalue weighted by Gasteiger charge is 2.21. The van der Waals surface area contributed by atoms with E-state index in [0.717, 1.165) is 18.2 Å². The molecule has 2 N–H and O–H groups in total. The van der Waals surface area contributed by atoms with Crippen LogP contribution in [0.15, 0.2) is 47.6 Å². The SMILES string of the molecule is O=[N+]([O-])c1cc(S(=O)(=O)Nc2cccnc2)ccc1O. The fraction of sp³-hybridized carbons (Fsp3) is 0. The first-order valence-electron chi connectivity index (χ1n) is 5.30. The lowest BCUT2D eigenvalue weighted by molar-refractivity contribution is -0.386. The highest BCUT2D eigenvalue weighted by molar-refractivity contribution is 7.92. The van der Waals surface area contributed by atoms with Crippen LogP contribution in [0, 0.1) is 10.1 Å². The average Bonchev–Trinajstić information content (AvgIpc) is 2.39. The Balaban J connectivity index is 2.40. The third-order valence-corrected chi connectivity index (χ3v) is 3.75. The van der Waals surface area contributed by atoms with E-state index in [1.807, 2.05) is 0 Å². The summed E-state index contributed by atoms with van der Waals surface area (Å²) in [6, 6.07) is 5.83. The minimum absolute atomic E-state index is 0.225. The molecule has 0 radical (unpaired) electrons. The van der Waals surface area contributed by atoms with E-state index in [1.54, 1.807) is 0 Å². The number of rotatable bonds is 4. The monoisotopic (exact) mass is 295 g/mol. The van der Waals surface area contributed by atoms with Gasteiger partial charge in [-0.05, 0) is 24.3 Å². The molecule has 0 aliphatic carbocycles. The standard InChI is InChI=1S/C11H9N3O5S/c15-11-4-3-9(6-10(11)14(16)17)20(18,19)13-8-2-1-5-12-7-8/h1-7,13,15H. The van der Waals surface area contributed by atoms with Gasteiger partial charge in [-0.15, -0.1) is 0 Å². The van der Waals surface area contributed by atoms with Gasteiger partial charge in [-0.25, -0.2) is 8.42 Å². The molecule has 0 unspecified atom stereocenters. The fourth-order valence-electron chi connectivity index (χ4n) is 1.45. The Kier molecular flexibility index (Phi) is 3.53. The summed E-state index contributed by atoms with van der Waals surface area (Å²) in [6.07, 6.45) is 2.77. The number of phenolic OH excluding ortho intramolecular Hbond substituents is 1. The highest BCUT2D eigenvalue weighted by Crippen LogP contribution is 2.28. The molecular weight excluding hydrogens is 286 g/mol. The van der Waals surface area contributed by atoms with Gasteiger partial charge < -0.3 is 5.11 Å². The van der Waals surface area contributed by atoms with Gasteiger partial charge in [0.05, 0.1) is 21.7 Å². The molecule has 104 valence electrons. The van der Waals surface area contributed by atoms with Gasteiger partial charge >= 0.3 is 5.69 Å². The maximum atomic E-state index is 12.0. The first-order valence-corrected chi connectivity index (χ1v) is 6.79. The maximum Gasteiger partial charge on any atom is 0.312 e. The number of hydrogen-bond donors (Lipinski definition) is 2. The number of anilines is 1. The molecule has 0 amide bonds. The van der Waals surface area contributed by atoms with Gasteiger partial charge in [-0.1, -0.05) is 0 Å². The first kappa shape index (κ1) is 13.7. The van der Waals surface area contributed by atoms with Crippen LogP contribution in [0.3, 0.4) is 0 Å². The van der Waals surface area contributed by atoms with E-state index in [1.165, 1.54) is 24.5 Å². The molecule has 0 fully saturated rings. The van der Waals surface area contributed by atoms with Crippen molar-refractivity contribution in [1.82, 2.24) is 4.98 Å². The third-order valence-electron chi connectivity index (χ3n) is 2.37. The van der Waals surface area contributed by atoms with E-state index in [-0.39, 0.29) is 10.6 Å². The number of nitro groups is 1. The number of benzene rings is 1. The van der Waals surface area contributed by atoms with Crippen molar-refractivity contribution in [3.63, 3.8) is 0 Å². The summed E-state index contributed by atoms with van der Waals surface area (Å²) in [6.45, 7) is 0. The predicted octanol–water partition coefficient (Wildman–Crippen LogP) is 1.50. The van der Waals surface area contributed by atoms with Crippen molar-refractivity contribution >= 4 is 21.4 Å². The van der Waals surface area contributed by atoms with Crippen LogP contribution in [-0.2, 0) is 10.0 Å². The van der Waals surface area contributed by atoms with Crippen molar-refractivity contribution < 1.29 is 18.4 Å².